The van der Waals surface area contributed by atoms with Crippen molar-refractivity contribution < 1.29 is 15.0 Å². The highest BCUT2D eigenvalue weighted by Gasteiger charge is 2.44. The van der Waals surface area contributed by atoms with Crippen LogP contribution in [0.2, 0.25) is 5.02 Å². The summed E-state index contributed by atoms with van der Waals surface area (Å²) < 4.78 is 0. The fourth-order valence-corrected chi connectivity index (χ4v) is 3.33. The van der Waals surface area contributed by atoms with Crippen molar-refractivity contribution in [1.82, 2.24) is 0 Å². The summed E-state index contributed by atoms with van der Waals surface area (Å²) in [5.74, 6) is 0.409. The zero-order valence-electron chi connectivity index (χ0n) is 10.8. The van der Waals surface area contributed by atoms with E-state index in [1.54, 1.807) is 18.2 Å². The highest BCUT2D eigenvalue weighted by molar-refractivity contribution is 6.31. The molecule has 1 unspecified atom stereocenters. The molecule has 0 saturated heterocycles. The molecule has 3 atom stereocenters. The maximum atomic E-state index is 11.0. The first-order valence-electron chi connectivity index (χ1n) is 6.65. The summed E-state index contributed by atoms with van der Waals surface area (Å²) in [4.78, 5) is 11.0. The predicted molar refractivity (Wildman–Crippen MR) is 76.9 cm³/mol. The van der Waals surface area contributed by atoms with Crippen molar-refractivity contribution in [3.8, 4) is 5.75 Å². The van der Waals surface area contributed by atoms with E-state index in [1.165, 1.54) is 0 Å². The van der Waals surface area contributed by atoms with Gasteiger partial charge >= 0.3 is 5.97 Å². The molecule has 0 aliphatic heterocycles. The molecule has 1 saturated carbocycles. The van der Waals surface area contributed by atoms with E-state index in [0.717, 1.165) is 12.0 Å². The summed E-state index contributed by atoms with van der Waals surface area (Å²) in [6.45, 7) is 0. The molecule has 0 heterocycles. The van der Waals surface area contributed by atoms with Gasteiger partial charge in [-0.2, -0.15) is 0 Å². The van der Waals surface area contributed by atoms with E-state index in [-0.39, 0.29) is 11.7 Å². The Hall–Kier alpha value is -1.74. The SMILES string of the molecule is O=C(O)C1=CC=CC([C@H]2C[C@@H]2c2ccc(O)cc2Cl)C1. The second-order valence-corrected chi connectivity index (χ2v) is 5.87. The van der Waals surface area contributed by atoms with Crippen LogP contribution in [0.15, 0.2) is 42.0 Å². The van der Waals surface area contributed by atoms with E-state index in [4.69, 9.17) is 16.7 Å². The van der Waals surface area contributed by atoms with Crippen LogP contribution in [0.25, 0.3) is 0 Å². The van der Waals surface area contributed by atoms with Gasteiger partial charge < -0.3 is 10.2 Å². The smallest absolute Gasteiger partial charge is 0.331 e. The molecule has 3 nitrogen and oxygen atoms in total. The average molecular weight is 291 g/mol. The molecule has 1 aromatic rings. The number of rotatable bonds is 3. The lowest BCUT2D eigenvalue weighted by atomic mass is 9.88. The monoisotopic (exact) mass is 290 g/mol. The Morgan fingerprint density at radius 1 is 1.35 bits per heavy atom. The molecule has 2 aliphatic carbocycles. The summed E-state index contributed by atoms with van der Waals surface area (Å²) in [5.41, 5.74) is 1.52. The number of aliphatic carboxylic acids is 1. The molecule has 1 aromatic carbocycles. The first-order chi connectivity index (χ1) is 9.56. The molecule has 0 amide bonds. The summed E-state index contributed by atoms with van der Waals surface area (Å²) in [5, 5.41) is 19.0. The summed E-state index contributed by atoms with van der Waals surface area (Å²) in [6.07, 6.45) is 7.20. The number of carboxylic acids is 1. The van der Waals surface area contributed by atoms with Crippen LogP contribution in [0.5, 0.6) is 5.75 Å². The Labute approximate surface area is 122 Å². The van der Waals surface area contributed by atoms with Crippen molar-refractivity contribution in [2.45, 2.75) is 18.8 Å². The number of allylic oxidation sites excluding steroid dienone is 3. The van der Waals surface area contributed by atoms with Crippen LogP contribution in [0.3, 0.4) is 0 Å². The average Bonchev–Trinajstić information content (AvgIpc) is 3.19. The Morgan fingerprint density at radius 2 is 2.15 bits per heavy atom. The predicted octanol–water partition coefficient (Wildman–Crippen LogP) is 3.74. The van der Waals surface area contributed by atoms with Crippen LogP contribution in [0.1, 0.15) is 24.3 Å². The minimum Gasteiger partial charge on any atom is -0.508 e. The first kappa shape index (κ1) is 13.3. The van der Waals surface area contributed by atoms with Crippen molar-refractivity contribution in [1.29, 1.82) is 0 Å². The first-order valence-corrected chi connectivity index (χ1v) is 7.03. The van der Waals surface area contributed by atoms with Crippen molar-refractivity contribution in [2.24, 2.45) is 11.8 Å². The van der Waals surface area contributed by atoms with Crippen molar-refractivity contribution in [3.63, 3.8) is 0 Å². The van der Waals surface area contributed by atoms with Gasteiger partial charge in [-0.25, -0.2) is 4.79 Å². The quantitative estimate of drug-likeness (QED) is 0.891. The van der Waals surface area contributed by atoms with Gasteiger partial charge in [0.15, 0.2) is 0 Å². The van der Waals surface area contributed by atoms with Gasteiger partial charge in [-0.1, -0.05) is 35.9 Å². The van der Waals surface area contributed by atoms with Gasteiger partial charge in [-0.15, -0.1) is 0 Å². The van der Waals surface area contributed by atoms with Crippen LogP contribution in [-0.4, -0.2) is 16.2 Å². The van der Waals surface area contributed by atoms with E-state index in [2.05, 4.69) is 6.08 Å². The zero-order chi connectivity index (χ0) is 14.3. The van der Waals surface area contributed by atoms with Gasteiger partial charge in [0.05, 0.1) is 0 Å². The Morgan fingerprint density at radius 3 is 2.85 bits per heavy atom. The van der Waals surface area contributed by atoms with Crippen LogP contribution >= 0.6 is 11.6 Å². The molecular weight excluding hydrogens is 276 g/mol. The van der Waals surface area contributed by atoms with Crippen molar-refractivity contribution in [3.05, 3.63) is 52.6 Å². The lowest BCUT2D eigenvalue weighted by molar-refractivity contribution is -0.132. The van der Waals surface area contributed by atoms with Gasteiger partial charge in [0.1, 0.15) is 5.75 Å². The van der Waals surface area contributed by atoms with E-state index in [1.807, 2.05) is 12.1 Å². The number of phenols is 1. The number of carboxylic acid groups (broad SMARTS) is 1. The van der Waals surface area contributed by atoms with Crippen LogP contribution in [-0.2, 0) is 4.79 Å². The molecule has 2 aliphatic rings. The van der Waals surface area contributed by atoms with Crippen molar-refractivity contribution >= 4 is 17.6 Å². The highest BCUT2D eigenvalue weighted by Crippen LogP contribution is 2.55. The van der Waals surface area contributed by atoms with Gasteiger partial charge in [0.25, 0.3) is 0 Å². The fraction of sp³-hybridized carbons (Fsp3) is 0.312. The molecule has 4 heteroatoms. The minimum absolute atomic E-state index is 0.171. The minimum atomic E-state index is -0.834. The molecule has 0 radical (unpaired) electrons. The fourth-order valence-electron chi connectivity index (χ4n) is 3.02. The summed E-state index contributed by atoms with van der Waals surface area (Å²) in [6, 6.07) is 5.07. The molecule has 0 spiro atoms. The standard InChI is InChI=1S/C16H15ClO3/c17-15-7-11(18)4-5-12(15)14-8-13(14)9-2-1-3-10(6-9)16(19)20/h1-5,7,9,13-14,18H,6,8H2,(H,19,20)/t9?,13-,14-/m1/s1. The molecule has 1 fully saturated rings. The number of hydrogen-bond acceptors (Lipinski definition) is 2. The molecule has 3 rings (SSSR count). The normalized spacial score (nSPS) is 28.1. The number of benzene rings is 1. The van der Waals surface area contributed by atoms with Crippen molar-refractivity contribution in [2.75, 3.05) is 0 Å². The van der Waals surface area contributed by atoms with E-state index in [0.29, 0.717) is 28.9 Å². The van der Waals surface area contributed by atoms with Gasteiger partial charge in [0, 0.05) is 10.6 Å². The second-order valence-electron chi connectivity index (χ2n) is 5.46. The number of carbonyl (C=O) groups is 1. The summed E-state index contributed by atoms with van der Waals surface area (Å²) in [7, 11) is 0. The van der Waals surface area contributed by atoms with Gasteiger partial charge in [-0.05, 0) is 48.3 Å². The van der Waals surface area contributed by atoms with E-state index in [9.17, 15) is 9.90 Å². The van der Waals surface area contributed by atoms with Crippen LogP contribution in [0, 0.1) is 11.8 Å². The Bertz CT molecular complexity index is 618. The largest absolute Gasteiger partial charge is 0.508 e. The van der Waals surface area contributed by atoms with E-state index >= 15 is 0 Å². The third kappa shape index (κ3) is 2.46. The molecule has 0 bridgehead atoms. The third-order valence-electron chi connectivity index (χ3n) is 4.16. The molecule has 20 heavy (non-hydrogen) atoms. The Balaban J connectivity index is 1.72. The number of hydrogen-bond donors (Lipinski definition) is 2. The number of phenolic OH excluding ortho intramolecular Hbond substituents is 1. The van der Waals surface area contributed by atoms with E-state index < -0.39 is 5.97 Å². The second kappa shape index (κ2) is 4.98. The molecular formula is C16H15ClO3. The van der Waals surface area contributed by atoms with Crippen LogP contribution in [0.4, 0.5) is 0 Å². The Kier molecular flexibility index (Phi) is 3.30. The lowest BCUT2D eigenvalue weighted by Gasteiger charge is -2.16. The van der Waals surface area contributed by atoms with Crippen LogP contribution < -0.4 is 0 Å². The summed E-state index contributed by atoms with van der Waals surface area (Å²) >= 11 is 6.16. The topological polar surface area (TPSA) is 57.5 Å². The maximum Gasteiger partial charge on any atom is 0.331 e. The third-order valence-corrected chi connectivity index (χ3v) is 4.49. The highest BCUT2D eigenvalue weighted by atomic mass is 35.5. The number of halogens is 1. The maximum absolute atomic E-state index is 11.0. The van der Waals surface area contributed by atoms with Gasteiger partial charge in [0.2, 0.25) is 0 Å². The number of aromatic hydroxyl groups is 1. The molecule has 0 aromatic heterocycles. The molecule has 2 N–H and O–H groups in total. The van der Waals surface area contributed by atoms with Gasteiger partial charge in [-0.3, -0.25) is 0 Å². The zero-order valence-corrected chi connectivity index (χ0v) is 11.5. The lowest BCUT2D eigenvalue weighted by Crippen LogP contribution is -2.11. The molecule has 104 valence electrons.